The molecule has 0 aromatic heterocycles. The van der Waals surface area contributed by atoms with E-state index in [1.807, 2.05) is 18.2 Å². The van der Waals surface area contributed by atoms with Crippen LogP contribution in [-0.2, 0) is 6.61 Å². The molecule has 0 atom stereocenters. The summed E-state index contributed by atoms with van der Waals surface area (Å²) in [6.45, 7) is 6.63. The number of benzene rings is 2. The molecule has 2 aromatic carbocycles. The van der Waals surface area contributed by atoms with Gasteiger partial charge in [0.1, 0.15) is 18.1 Å². The van der Waals surface area contributed by atoms with Crippen molar-refractivity contribution in [3.63, 3.8) is 0 Å². The molecule has 0 saturated heterocycles. The molecule has 0 unspecified atom stereocenters. The SMILES string of the molecule is CNC(=S)Oc1cccc(Br)c1COc1cc(C)c(C)cc1C. The number of ether oxygens (including phenoxy) is 2. The molecule has 0 heterocycles. The second-order valence-corrected chi connectivity index (χ2v) is 6.57. The summed E-state index contributed by atoms with van der Waals surface area (Å²) in [5.74, 6) is 1.56. The minimum Gasteiger partial charge on any atom is -0.488 e. The van der Waals surface area contributed by atoms with Crippen LogP contribution in [0.4, 0.5) is 0 Å². The van der Waals surface area contributed by atoms with Crippen LogP contribution >= 0.6 is 28.1 Å². The highest BCUT2D eigenvalue weighted by Crippen LogP contribution is 2.30. The van der Waals surface area contributed by atoms with Gasteiger partial charge in [0.15, 0.2) is 0 Å². The summed E-state index contributed by atoms with van der Waals surface area (Å²) in [5, 5.41) is 3.14. The van der Waals surface area contributed by atoms with E-state index >= 15 is 0 Å². The number of rotatable bonds is 4. The average Bonchev–Trinajstić information content (AvgIpc) is 2.51. The summed E-state index contributed by atoms with van der Waals surface area (Å²) in [7, 11) is 1.73. The quantitative estimate of drug-likeness (QED) is 0.752. The Morgan fingerprint density at radius 3 is 2.48 bits per heavy atom. The van der Waals surface area contributed by atoms with Gasteiger partial charge in [0.2, 0.25) is 0 Å². The van der Waals surface area contributed by atoms with Crippen molar-refractivity contribution in [3.8, 4) is 11.5 Å². The first-order valence-electron chi connectivity index (χ1n) is 7.30. The fourth-order valence-corrected chi connectivity index (χ4v) is 2.72. The number of halogens is 1. The third-order valence-corrected chi connectivity index (χ3v) is 4.68. The zero-order valence-electron chi connectivity index (χ0n) is 13.7. The Kier molecular flexibility index (Phi) is 6.02. The lowest BCUT2D eigenvalue weighted by Gasteiger charge is -2.16. The van der Waals surface area contributed by atoms with E-state index in [1.54, 1.807) is 7.05 Å². The molecule has 122 valence electrons. The van der Waals surface area contributed by atoms with Gasteiger partial charge in [-0.2, -0.15) is 0 Å². The van der Waals surface area contributed by atoms with Crippen LogP contribution in [0.15, 0.2) is 34.8 Å². The van der Waals surface area contributed by atoms with E-state index in [-0.39, 0.29) is 0 Å². The highest BCUT2D eigenvalue weighted by atomic mass is 79.9. The number of nitrogens with one attached hydrogen (secondary N) is 1. The van der Waals surface area contributed by atoms with E-state index < -0.39 is 0 Å². The molecule has 1 N–H and O–H groups in total. The third kappa shape index (κ3) is 4.45. The van der Waals surface area contributed by atoms with Gasteiger partial charge < -0.3 is 14.8 Å². The topological polar surface area (TPSA) is 30.5 Å². The van der Waals surface area contributed by atoms with Crippen molar-refractivity contribution in [2.24, 2.45) is 0 Å². The molecule has 0 bridgehead atoms. The van der Waals surface area contributed by atoms with Crippen molar-refractivity contribution in [1.82, 2.24) is 5.32 Å². The molecule has 0 spiro atoms. The van der Waals surface area contributed by atoms with Gasteiger partial charge in [0, 0.05) is 17.1 Å². The van der Waals surface area contributed by atoms with Crippen LogP contribution < -0.4 is 14.8 Å². The van der Waals surface area contributed by atoms with E-state index in [4.69, 9.17) is 21.7 Å². The minimum atomic E-state index is 0.326. The largest absolute Gasteiger partial charge is 0.488 e. The fraction of sp³-hybridized carbons (Fsp3) is 0.278. The van der Waals surface area contributed by atoms with Gasteiger partial charge in [-0.15, -0.1) is 0 Å². The lowest BCUT2D eigenvalue weighted by molar-refractivity contribution is 0.298. The normalized spacial score (nSPS) is 10.3. The molecule has 3 nitrogen and oxygen atoms in total. The third-order valence-electron chi connectivity index (χ3n) is 3.65. The predicted octanol–water partition coefficient (Wildman–Crippen LogP) is 4.84. The highest BCUT2D eigenvalue weighted by Gasteiger charge is 2.12. The zero-order chi connectivity index (χ0) is 17.0. The predicted molar refractivity (Wildman–Crippen MR) is 101 cm³/mol. The minimum absolute atomic E-state index is 0.326. The van der Waals surface area contributed by atoms with Crippen molar-refractivity contribution < 1.29 is 9.47 Å². The van der Waals surface area contributed by atoms with E-state index in [0.717, 1.165) is 21.3 Å². The molecular formula is C18H20BrNO2S. The van der Waals surface area contributed by atoms with Crippen molar-refractivity contribution in [2.75, 3.05) is 7.05 Å². The molecule has 2 rings (SSSR count). The molecule has 0 amide bonds. The Labute approximate surface area is 151 Å². The first-order chi connectivity index (χ1) is 10.9. The van der Waals surface area contributed by atoms with Gasteiger partial charge in [0.05, 0.1) is 0 Å². The van der Waals surface area contributed by atoms with E-state index in [2.05, 4.69) is 54.2 Å². The van der Waals surface area contributed by atoms with Gasteiger partial charge in [-0.25, -0.2) is 0 Å². The molecule has 0 saturated carbocycles. The molecule has 0 aliphatic carbocycles. The summed E-state index contributed by atoms with van der Waals surface area (Å²) in [5.41, 5.74) is 4.51. The summed E-state index contributed by atoms with van der Waals surface area (Å²) >= 11 is 8.63. The number of thiocarbonyl (C=S) groups is 1. The lowest BCUT2D eigenvalue weighted by atomic mass is 10.1. The van der Waals surface area contributed by atoms with Crippen LogP contribution in [0.1, 0.15) is 22.3 Å². The van der Waals surface area contributed by atoms with Crippen LogP contribution in [0.2, 0.25) is 0 Å². The van der Waals surface area contributed by atoms with Gasteiger partial charge in [-0.05, 0) is 67.9 Å². The second kappa shape index (κ2) is 7.79. The van der Waals surface area contributed by atoms with Crippen molar-refractivity contribution in [3.05, 3.63) is 57.1 Å². The first kappa shape index (κ1) is 17.8. The van der Waals surface area contributed by atoms with Gasteiger partial charge in [0.25, 0.3) is 5.17 Å². The molecule has 0 radical (unpaired) electrons. The van der Waals surface area contributed by atoms with E-state index in [1.165, 1.54) is 11.1 Å². The standard InChI is InChI=1S/C18H20BrNO2S/c1-11-8-13(3)17(9-12(11)2)21-10-14-15(19)6-5-7-16(14)22-18(23)20-4/h5-9H,10H2,1-4H3,(H,20,23). The molecule has 2 aromatic rings. The number of aryl methyl sites for hydroxylation is 3. The van der Waals surface area contributed by atoms with Gasteiger partial charge >= 0.3 is 0 Å². The van der Waals surface area contributed by atoms with Crippen LogP contribution in [0.3, 0.4) is 0 Å². The second-order valence-electron chi connectivity index (χ2n) is 5.35. The average molecular weight is 394 g/mol. The molecule has 0 fully saturated rings. The van der Waals surface area contributed by atoms with Crippen molar-refractivity contribution in [2.45, 2.75) is 27.4 Å². The van der Waals surface area contributed by atoms with Crippen LogP contribution in [0.5, 0.6) is 11.5 Å². The van der Waals surface area contributed by atoms with E-state index in [0.29, 0.717) is 17.5 Å². The van der Waals surface area contributed by atoms with Crippen molar-refractivity contribution in [1.29, 1.82) is 0 Å². The Hall–Kier alpha value is -1.59. The maximum Gasteiger partial charge on any atom is 0.261 e. The summed E-state index contributed by atoms with van der Waals surface area (Å²) in [4.78, 5) is 0. The fourth-order valence-electron chi connectivity index (χ4n) is 2.16. The number of hydrogen-bond acceptors (Lipinski definition) is 3. The van der Waals surface area contributed by atoms with Gasteiger partial charge in [-0.1, -0.05) is 28.1 Å². The molecule has 0 aliphatic rings. The van der Waals surface area contributed by atoms with Crippen LogP contribution in [0, 0.1) is 20.8 Å². The smallest absolute Gasteiger partial charge is 0.261 e. The summed E-state index contributed by atoms with van der Waals surface area (Å²) < 4.78 is 12.6. The Balaban J connectivity index is 2.23. The maximum absolute atomic E-state index is 6.02. The molecule has 23 heavy (non-hydrogen) atoms. The molecule has 5 heteroatoms. The summed E-state index contributed by atoms with van der Waals surface area (Å²) in [6, 6.07) is 9.95. The monoisotopic (exact) mass is 393 g/mol. The Morgan fingerprint density at radius 2 is 1.78 bits per heavy atom. The highest BCUT2D eigenvalue weighted by molar-refractivity contribution is 9.10. The van der Waals surface area contributed by atoms with Crippen LogP contribution in [-0.4, -0.2) is 12.2 Å². The Bertz CT molecular complexity index is 731. The number of hydrogen-bond donors (Lipinski definition) is 1. The maximum atomic E-state index is 6.02. The first-order valence-corrected chi connectivity index (χ1v) is 8.50. The van der Waals surface area contributed by atoms with Crippen LogP contribution in [0.25, 0.3) is 0 Å². The Morgan fingerprint density at radius 1 is 1.09 bits per heavy atom. The van der Waals surface area contributed by atoms with Gasteiger partial charge in [-0.3, -0.25) is 0 Å². The van der Waals surface area contributed by atoms with E-state index in [9.17, 15) is 0 Å². The lowest BCUT2D eigenvalue weighted by Crippen LogP contribution is -2.22. The molecule has 0 aliphatic heterocycles. The summed E-state index contributed by atoms with van der Waals surface area (Å²) in [6.07, 6.45) is 0. The van der Waals surface area contributed by atoms with Crippen molar-refractivity contribution >= 4 is 33.3 Å². The molecular weight excluding hydrogens is 374 g/mol. The zero-order valence-corrected chi connectivity index (χ0v) is 16.1.